The van der Waals surface area contributed by atoms with E-state index in [2.05, 4.69) is 0 Å². The van der Waals surface area contributed by atoms with Gasteiger partial charge in [0.25, 0.3) is 0 Å². The maximum absolute atomic E-state index is 9.85. The minimum atomic E-state index is -0.695. The van der Waals surface area contributed by atoms with Gasteiger partial charge >= 0.3 is 0 Å². The minimum Gasteiger partial charge on any atom is -0.508 e. The average molecular weight is 209 g/mol. The molecule has 4 heteroatoms. The quantitative estimate of drug-likeness (QED) is 0.532. The first kappa shape index (κ1) is 10.4. The van der Waals surface area contributed by atoms with Gasteiger partial charge in [0, 0.05) is 11.6 Å². The molecule has 0 aromatic heterocycles. The van der Waals surface area contributed by atoms with Crippen LogP contribution in [0.15, 0.2) is 12.1 Å². The van der Waals surface area contributed by atoms with Gasteiger partial charge in [0.2, 0.25) is 0 Å². The predicted octanol–water partition coefficient (Wildman–Crippen LogP) is 0.191. The maximum atomic E-state index is 9.85. The molecule has 0 amide bonds. The van der Waals surface area contributed by atoms with E-state index in [-0.39, 0.29) is 18.4 Å². The summed E-state index contributed by atoms with van der Waals surface area (Å²) >= 11 is 0. The first-order chi connectivity index (χ1) is 7.15. The van der Waals surface area contributed by atoms with E-state index >= 15 is 0 Å². The molecule has 0 bridgehead atoms. The van der Waals surface area contributed by atoms with Gasteiger partial charge in [0.1, 0.15) is 5.75 Å². The second kappa shape index (κ2) is 3.81. The summed E-state index contributed by atoms with van der Waals surface area (Å²) in [5, 5.41) is 28.6. The third-order valence-electron chi connectivity index (χ3n) is 3.05. The number of aromatic hydroxyl groups is 1. The number of aliphatic hydroxyl groups excluding tert-OH is 2. The Morgan fingerprint density at radius 3 is 2.80 bits per heavy atom. The Hall–Kier alpha value is -1.10. The van der Waals surface area contributed by atoms with Gasteiger partial charge in [-0.1, -0.05) is 6.07 Å². The van der Waals surface area contributed by atoms with Crippen LogP contribution in [0.3, 0.4) is 0 Å². The van der Waals surface area contributed by atoms with Crippen molar-refractivity contribution in [2.75, 3.05) is 0 Å². The molecule has 1 aromatic carbocycles. The molecular formula is C11H15NO3. The minimum absolute atomic E-state index is 0.0823. The smallest absolute Gasteiger partial charge is 0.121 e. The molecule has 0 aliphatic heterocycles. The molecular weight excluding hydrogens is 194 g/mol. The van der Waals surface area contributed by atoms with Crippen LogP contribution >= 0.6 is 0 Å². The molecule has 0 saturated heterocycles. The molecule has 2 rings (SSSR count). The van der Waals surface area contributed by atoms with Crippen molar-refractivity contribution in [3.05, 3.63) is 28.8 Å². The molecule has 2 atom stereocenters. The van der Waals surface area contributed by atoms with Crippen LogP contribution in [0, 0.1) is 0 Å². The molecule has 0 radical (unpaired) electrons. The standard InChI is InChI=1S/C11H15NO3/c12-9-3-1-6-7(11(9)15)2-4-10(14)8(6)5-13/h2,4,9,11,13-15H,1,3,5,12H2. The number of aliphatic hydroxyl groups is 2. The molecule has 82 valence electrons. The highest BCUT2D eigenvalue weighted by molar-refractivity contribution is 5.46. The van der Waals surface area contributed by atoms with E-state index < -0.39 is 6.10 Å². The van der Waals surface area contributed by atoms with E-state index in [4.69, 9.17) is 10.8 Å². The lowest BCUT2D eigenvalue weighted by atomic mass is 9.83. The molecule has 2 unspecified atom stereocenters. The van der Waals surface area contributed by atoms with Crippen molar-refractivity contribution in [1.82, 2.24) is 0 Å². The Labute approximate surface area is 88.0 Å². The van der Waals surface area contributed by atoms with Crippen LogP contribution in [0.1, 0.15) is 29.2 Å². The zero-order valence-corrected chi connectivity index (χ0v) is 8.35. The van der Waals surface area contributed by atoms with Crippen LogP contribution in [0.4, 0.5) is 0 Å². The van der Waals surface area contributed by atoms with Gasteiger partial charge in [-0.25, -0.2) is 0 Å². The number of benzene rings is 1. The number of hydrogen-bond acceptors (Lipinski definition) is 4. The first-order valence-corrected chi connectivity index (χ1v) is 5.03. The van der Waals surface area contributed by atoms with Crippen molar-refractivity contribution in [3.8, 4) is 5.75 Å². The number of nitrogens with two attached hydrogens (primary N) is 1. The fraction of sp³-hybridized carbons (Fsp3) is 0.455. The van der Waals surface area contributed by atoms with Crippen LogP contribution in [0.5, 0.6) is 5.75 Å². The van der Waals surface area contributed by atoms with E-state index in [0.29, 0.717) is 18.4 Å². The Balaban J connectivity index is 2.53. The van der Waals surface area contributed by atoms with Gasteiger partial charge in [0.15, 0.2) is 0 Å². The lowest BCUT2D eigenvalue weighted by Gasteiger charge is -2.28. The molecule has 5 N–H and O–H groups in total. The van der Waals surface area contributed by atoms with Gasteiger partial charge in [-0.2, -0.15) is 0 Å². The molecule has 1 aliphatic rings. The number of hydrogen-bond donors (Lipinski definition) is 4. The van der Waals surface area contributed by atoms with Crippen LogP contribution in [-0.2, 0) is 13.0 Å². The Kier molecular flexibility index (Phi) is 2.65. The van der Waals surface area contributed by atoms with E-state index in [9.17, 15) is 10.2 Å². The molecule has 1 aliphatic carbocycles. The van der Waals surface area contributed by atoms with E-state index in [1.807, 2.05) is 0 Å². The molecule has 0 heterocycles. The molecule has 0 saturated carbocycles. The highest BCUT2D eigenvalue weighted by Gasteiger charge is 2.27. The number of fused-ring (bicyclic) bond motifs is 1. The zero-order chi connectivity index (χ0) is 11.0. The molecule has 1 aromatic rings. The normalized spacial score (nSPS) is 25.0. The van der Waals surface area contributed by atoms with Gasteiger partial charge in [-0.15, -0.1) is 0 Å². The van der Waals surface area contributed by atoms with Gasteiger partial charge in [-0.05, 0) is 30.0 Å². The summed E-state index contributed by atoms with van der Waals surface area (Å²) in [5.41, 5.74) is 7.83. The van der Waals surface area contributed by atoms with Gasteiger partial charge in [-0.3, -0.25) is 0 Å². The van der Waals surface area contributed by atoms with Crippen LogP contribution in [-0.4, -0.2) is 21.4 Å². The lowest BCUT2D eigenvalue weighted by molar-refractivity contribution is 0.133. The Morgan fingerprint density at radius 2 is 2.13 bits per heavy atom. The zero-order valence-electron chi connectivity index (χ0n) is 8.35. The summed E-state index contributed by atoms with van der Waals surface area (Å²) in [7, 11) is 0. The van der Waals surface area contributed by atoms with Crippen molar-refractivity contribution in [1.29, 1.82) is 0 Å². The highest BCUT2D eigenvalue weighted by atomic mass is 16.3. The second-order valence-corrected chi connectivity index (χ2v) is 3.94. The van der Waals surface area contributed by atoms with Crippen LogP contribution < -0.4 is 5.73 Å². The van der Waals surface area contributed by atoms with Crippen molar-refractivity contribution < 1.29 is 15.3 Å². The predicted molar refractivity (Wildman–Crippen MR) is 55.3 cm³/mol. The Morgan fingerprint density at radius 1 is 1.40 bits per heavy atom. The average Bonchev–Trinajstić information content (AvgIpc) is 2.23. The summed E-state index contributed by atoms with van der Waals surface area (Å²) in [6.07, 6.45) is 0.669. The Bertz CT molecular complexity index is 378. The number of rotatable bonds is 1. The van der Waals surface area contributed by atoms with Crippen molar-refractivity contribution in [2.24, 2.45) is 5.73 Å². The largest absolute Gasteiger partial charge is 0.508 e. The van der Waals surface area contributed by atoms with E-state index in [0.717, 1.165) is 11.1 Å². The van der Waals surface area contributed by atoms with E-state index in [1.165, 1.54) is 6.07 Å². The SMILES string of the molecule is NC1CCc2c(ccc(O)c2CO)C1O. The lowest BCUT2D eigenvalue weighted by Crippen LogP contribution is -2.33. The summed E-state index contributed by atoms with van der Waals surface area (Å²) in [4.78, 5) is 0. The fourth-order valence-electron chi connectivity index (χ4n) is 2.15. The third kappa shape index (κ3) is 1.61. The number of phenols is 1. The first-order valence-electron chi connectivity index (χ1n) is 5.03. The third-order valence-corrected chi connectivity index (χ3v) is 3.05. The highest BCUT2D eigenvalue weighted by Crippen LogP contribution is 2.34. The molecule has 15 heavy (non-hydrogen) atoms. The van der Waals surface area contributed by atoms with Gasteiger partial charge in [0.05, 0.1) is 12.7 Å². The second-order valence-electron chi connectivity index (χ2n) is 3.94. The summed E-state index contributed by atoms with van der Waals surface area (Å²) in [6.45, 7) is -0.211. The molecule has 0 fully saturated rings. The summed E-state index contributed by atoms with van der Waals surface area (Å²) in [5.74, 6) is 0.0823. The summed E-state index contributed by atoms with van der Waals surface area (Å²) in [6, 6.07) is 2.91. The van der Waals surface area contributed by atoms with Crippen LogP contribution in [0.25, 0.3) is 0 Å². The fourth-order valence-corrected chi connectivity index (χ4v) is 2.15. The van der Waals surface area contributed by atoms with E-state index in [1.54, 1.807) is 6.07 Å². The van der Waals surface area contributed by atoms with Crippen molar-refractivity contribution in [3.63, 3.8) is 0 Å². The van der Waals surface area contributed by atoms with Crippen molar-refractivity contribution >= 4 is 0 Å². The monoisotopic (exact) mass is 209 g/mol. The van der Waals surface area contributed by atoms with Gasteiger partial charge < -0.3 is 21.1 Å². The maximum Gasteiger partial charge on any atom is 0.121 e. The molecule has 0 spiro atoms. The molecule has 4 nitrogen and oxygen atoms in total. The topological polar surface area (TPSA) is 86.7 Å². The summed E-state index contributed by atoms with van der Waals surface area (Å²) < 4.78 is 0. The van der Waals surface area contributed by atoms with Crippen molar-refractivity contribution in [2.45, 2.75) is 31.6 Å². The van der Waals surface area contributed by atoms with Crippen LogP contribution in [0.2, 0.25) is 0 Å².